The van der Waals surface area contributed by atoms with Crippen LogP contribution in [0.1, 0.15) is 40.7 Å². The molecular formula is C19H19N5OS. The molecule has 1 atom stereocenters. The van der Waals surface area contributed by atoms with E-state index in [1.165, 1.54) is 6.20 Å². The molecule has 0 aliphatic carbocycles. The minimum absolute atomic E-state index is 0.0311. The zero-order chi connectivity index (χ0) is 17.9. The summed E-state index contributed by atoms with van der Waals surface area (Å²) in [5.74, 6) is 0.391. The highest BCUT2D eigenvalue weighted by Gasteiger charge is 2.30. The highest BCUT2D eigenvalue weighted by molar-refractivity contribution is 7.09. The number of benzene rings is 1. The molecule has 0 spiro atoms. The molecule has 0 radical (unpaired) electrons. The quantitative estimate of drug-likeness (QED) is 0.767. The van der Waals surface area contributed by atoms with Gasteiger partial charge in [0, 0.05) is 29.2 Å². The fraction of sp³-hybridized carbons (Fsp3) is 0.263. The number of nitrogens with two attached hydrogens (primary N) is 1. The Morgan fingerprint density at radius 3 is 3.00 bits per heavy atom. The maximum absolute atomic E-state index is 13.2. The predicted octanol–water partition coefficient (Wildman–Crippen LogP) is 3.55. The van der Waals surface area contributed by atoms with Gasteiger partial charge in [-0.15, -0.1) is 11.3 Å². The van der Waals surface area contributed by atoms with Crippen molar-refractivity contribution < 1.29 is 4.79 Å². The highest BCUT2D eigenvalue weighted by Crippen LogP contribution is 2.33. The van der Waals surface area contributed by atoms with Crippen molar-refractivity contribution in [2.45, 2.75) is 25.3 Å². The van der Waals surface area contributed by atoms with Gasteiger partial charge in [-0.05, 0) is 31.4 Å². The van der Waals surface area contributed by atoms with Crippen molar-refractivity contribution in [1.82, 2.24) is 19.9 Å². The van der Waals surface area contributed by atoms with Gasteiger partial charge in [-0.2, -0.15) is 0 Å². The molecule has 1 aliphatic heterocycles. The highest BCUT2D eigenvalue weighted by atomic mass is 32.1. The maximum atomic E-state index is 13.2. The Morgan fingerprint density at radius 1 is 1.27 bits per heavy atom. The Bertz CT molecular complexity index is 912. The number of hydrogen-bond donors (Lipinski definition) is 1. The summed E-state index contributed by atoms with van der Waals surface area (Å²) in [6.45, 7) is 0.755. The van der Waals surface area contributed by atoms with Gasteiger partial charge in [-0.3, -0.25) is 9.78 Å². The first-order valence-corrected chi connectivity index (χ1v) is 9.48. The molecule has 1 aromatic carbocycles. The summed E-state index contributed by atoms with van der Waals surface area (Å²) in [6.07, 6.45) is 8.06. The molecule has 1 aliphatic rings. The van der Waals surface area contributed by atoms with Crippen LogP contribution in [0.2, 0.25) is 0 Å². The molecule has 4 rings (SSSR count). The lowest BCUT2D eigenvalue weighted by molar-refractivity contribution is 0.0611. The van der Waals surface area contributed by atoms with Gasteiger partial charge in [0.1, 0.15) is 10.8 Å². The molecule has 1 amide bonds. The predicted molar refractivity (Wildman–Crippen MR) is 102 cm³/mol. The molecule has 3 aromatic rings. The average molecular weight is 365 g/mol. The third-order valence-electron chi connectivity index (χ3n) is 4.56. The van der Waals surface area contributed by atoms with Crippen LogP contribution in [0.25, 0.3) is 11.3 Å². The number of likely N-dealkylation sites (tertiary alicyclic amines) is 1. The van der Waals surface area contributed by atoms with Crippen LogP contribution in [0.15, 0.2) is 48.2 Å². The molecule has 0 saturated carbocycles. The number of carbonyl (C=O) groups excluding carboxylic acids is 1. The van der Waals surface area contributed by atoms with Crippen molar-refractivity contribution in [3.05, 3.63) is 58.8 Å². The van der Waals surface area contributed by atoms with Crippen LogP contribution < -0.4 is 5.73 Å². The Morgan fingerprint density at radius 2 is 2.19 bits per heavy atom. The number of piperidine rings is 1. The second-order valence-electron chi connectivity index (χ2n) is 6.29. The van der Waals surface area contributed by atoms with Gasteiger partial charge in [0.15, 0.2) is 0 Å². The summed E-state index contributed by atoms with van der Waals surface area (Å²) in [5, 5.41) is 2.97. The standard InChI is InChI=1S/C19H19N5OS/c20-17-12-21-11-15(23-17)13-4-3-5-14(10-13)19(25)24-8-2-1-6-16(24)18-22-7-9-26-18/h3-5,7,9-12,16H,1-2,6,8H2,(H2,20,23). The van der Waals surface area contributed by atoms with Crippen LogP contribution in [-0.4, -0.2) is 32.3 Å². The average Bonchev–Trinajstić information content (AvgIpc) is 3.22. The van der Waals surface area contributed by atoms with E-state index in [-0.39, 0.29) is 11.9 Å². The lowest BCUT2D eigenvalue weighted by atomic mass is 10.0. The first-order chi connectivity index (χ1) is 12.7. The van der Waals surface area contributed by atoms with E-state index in [2.05, 4.69) is 15.0 Å². The van der Waals surface area contributed by atoms with Gasteiger partial charge < -0.3 is 10.6 Å². The molecule has 2 N–H and O–H groups in total. The first-order valence-electron chi connectivity index (χ1n) is 8.61. The smallest absolute Gasteiger partial charge is 0.254 e. The van der Waals surface area contributed by atoms with Crippen LogP contribution in [0.3, 0.4) is 0 Å². The van der Waals surface area contributed by atoms with Crippen molar-refractivity contribution in [3.63, 3.8) is 0 Å². The summed E-state index contributed by atoms with van der Waals surface area (Å²) in [5.41, 5.74) is 7.87. The van der Waals surface area contributed by atoms with Gasteiger partial charge in [-0.25, -0.2) is 9.97 Å². The SMILES string of the molecule is Nc1cncc(-c2cccc(C(=O)N3CCCCC3c3nccs3)c2)n1. The topological polar surface area (TPSA) is 85.0 Å². The number of carbonyl (C=O) groups is 1. The summed E-state index contributed by atoms with van der Waals surface area (Å²) < 4.78 is 0. The molecule has 0 bridgehead atoms. The van der Waals surface area contributed by atoms with E-state index in [4.69, 9.17) is 5.73 Å². The first kappa shape index (κ1) is 16.7. The molecule has 26 heavy (non-hydrogen) atoms. The number of thiazole rings is 1. The van der Waals surface area contributed by atoms with E-state index in [9.17, 15) is 4.79 Å². The second-order valence-corrected chi connectivity index (χ2v) is 7.22. The minimum Gasteiger partial charge on any atom is -0.382 e. The van der Waals surface area contributed by atoms with E-state index in [1.54, 1.807) is 23.7 Å². The van der Waals surface area contributed by atoms with Gasteiger partial charge in [-0.1, -0.05) is 12.1 Å². The van der Waals surface area contributed by atoms with Gasteiger partial charge >= 0.3 is 0 Å². The van der Waals surface area contributed by atoms with Crippen molar-refractivity contribution in [3.8, 4) is 11.3 Å². The number of anilines is 1. The fourth-order valence-corrected chi connectivity index (χ4v) is 4.11. The third kappa shape index (κ3) is 3.30. The lowest BCUT2D eigenvalue weighted by Gasteiger charge is -2.34. The van der Waals surface area contributed by atoms with Crippen LogP contribution in [0.4, 0.5) is 5.82 Å². The lowest BCUT2D eigenvalue weighted by Crippen LogP contribution is -2.38. The van der Waals surface area contributed by atoms with Crippen LogP contribution in [0, 0.1) is 0 Å². The molecule has 1 fully saturated rings. The third-order valence-corrected chi connectivity index (χ3v) is 5.44. The summed E-state index contributed by atoms with van der Waals surface area (Å²) in [7, 11) is 0. The number of nitrogens with zero attached hydrogens (tertiary/aromatic N) is 4. The minimum atomic E-state index is 0.0311. The molecule has 1 saturated heterocycles. The summed E-state index contributed by atoms with van der Waals surface area (Å²) in [4.78, 5) is 28.0. The zero-order valence-electron chi connectivity index (χ0n) is 14.2. The second kappa shape index (κ2) is 7.21. The Hall–Kier alpha value is -2.80. The number of hydrogen-bond acceptors (Lipinski definition) is 6. The number of nitrogen functional groups attached to an aromatic ring is 1. The zero-order valence-corrected chi connectivity index (χ0v) is 15.0. The van der Waals surface area contributed by atoms with Crippen LogP contribution >= 0.6 is 11.3 Å². The summed E-state index contributed by atoms with van der Waals surface area (Å²) in [6, 6.07) is 7.55. The molecule has 7 heteroatoms. The Kier molecular flexibility index (Phi) is 4.62. The van der Waals surface area contributed by atoms with Gasteiger partial charge in [0.2, 0.25) is 0 Å². The van der Waals surface area contributed by atoms with Crippen LogP contribution in [-0.2, 0) is 0 Å². The van der Waals surface area contributed by atoms with Crippen molar-refractivity contribution >= 4 is 23.1 Å². The molecule has 6 nitrogen and oxygen atoms in total. The molecule has 132 valence electrons. The van der Waals surface area contributed by atoms with Crippen LogP contribution in [0.5, 0.6) is 0 Å². The van der Waals surface area contributed by atoms with Gasteiger partial charge in [0.05, 0.1) is 24.1 Å². The molecular weight excluding hydrogens is 346 g/mol. The maximum Gasteiger partial charge on any atom is 0.254 e. The molecule has 1 unspecified atom stereocenters. The van der Waals surface area contributed by atoms with E-state index in [1.807, 2.05) is 34.5 Å². The number of aromatic nitrogens is 3. The Balaban J connectivity index is 1.64. The molecule has 3 heterocycles. The van der Waals surface area contributed by atoms with Crippen molar-refractivity contribution in [2.75, 3.05) is 12.3 Å². The van der Waals surface area contributed by atoms with E-state index < -0.39 is 0 Å². The Labute approximate surface area is 155 Å². The van der Waals surface area contributed by atoms with E-state index in [0.717, 1.165) is 36.4 Å². The normalized spacial score (nSPS) is 17.2. The van der Waals surface area contributed by atoms with E-state index >= 15 is 0 Å². The van der Waals surface area contributed by atoms with E-state index in [0.29, 0.717) is 17.1 Å². The number of rotatable bonds is 3. The summed E-state index contributed by atoms with van der Waals surface area (Å²) >= 11 is 1.61. The van der Waals surface area contributed by atoms with Crippen molar-refractivity contribution in [2.24, 2.45) is 0 Å². The van der Waals surface area contributed by atoms with Gasteiger partial charge in [0.25, 0.3) is 5.91 Å². The number of amides is 1. The monoisotopic (exact) mass is 365 g/mol. The fourth-order valence-electron chi connectivity index (χ4n) is 3.33. The largest absolute Gasteiger partial charge is 0.382 e. The van der Waals surface area contributed by atoms with Crippen molar-refractivity contribution in [1.29, 1.82) is 0 Å². The molecule has 2 aromatic heterocycles.